The molecule has 0 atom stereocenters. The number of halogens is 4. The summed E-state index contributed by atoms with van der Waals surface area (Å²) in [7, 11) is 0. The van der Waals surface area contributed by atoms with Gasteiger partial charge in [-0.1, -0.05) is 11.6 Å². The maximum atomic E-state index is 12.4. The lowest BCUT2D eigenvalue weighted by molar-refractivity contribution is -0.137. The highest BCUT2D eigenvalue weighted by molar-refractivity contribution is 6.31. The Labute approximate surface area is 150 Å². The van der Waals surface area contributed by atoms with Gasteiger partial charge in [0, 0.05) is 5.02 Å². The number of benzene rings is 2. The van der Waals surface area contributed by atoms with Gasteiger partial charge >= 0.3 is 6.18 Å². The average molecular weight is 389 g/mol. The van der Waals surface area contributed by atoms with Gasteiger partial charge in [-0.2, -0.15) is 13.2 Å². The molecule has 6 nitrogen and oxygen atoms in total. The van der Waals surface area contributed by atoms with Crippen molar-refractivity contribution in [2.24, 2.45) is 0 Å². The van der Waals surface area contributed by atoms with E-state index in [0.29, 0.717) is 0 Å². The van der Waals surface area contributed by atoms with Crippen LogP contribution >= 0.6 is 11.6 Å². The minimum absolute atomic E-state index is 0.0481. The summed E-state index contributed by atoms with van der Waals surface area (Å²) < 4.78 is 42.3. The van der Waals surface area contributed by atoms with E-state index in [2.05, 4.69) is 0 Å². The third-order valence-electron chi connectivity index (χ3n) is 3.07. The number of hydrazine groups is 1. The molecule has 0 aliphatic rings. The van der Waals surface area contributed by atoms with Crippen molar-refractivity contribution in [2.45, 2.75) is 6.18 Å². The zero-order valence-corrected chi connectivity index (χ0v) is 13.7. The smallest absolute Gasteiger partial charge is 0.416 e. The van der Waals surface area contributed by atoms with Crippen molar-refractivity contribution in [3.05, 3.63) is 58.6 Å². The molecule has 0 bridgehead atoms. The number of alkyl halides is 3. The quantitative estimate of drug-likeness (QED) is 0.703. The molecule has 2 aromatic rings. The van der Waals surface area contributed by atoms with Crippen LogP contribution in [0.2, 0.25) is 5.02 Å². The summed E-state index contributed by atoms with van der Waals surface area (Å²) in [5.41, 5.74) is 3.09. The van der Waals surface area contributed by atoms with E-state index in [0.717, 1.165) is 24.3 Å². The number of hydrogen-bond acceptors (Lipinski definition) is 4. The fourth-order valence-electron chi connectivity index (χ4n) is 1.81. The number of carbonyl (C=O) groups excluding carboxylic acids is 2. The molecule has 26 heavy (non-hydrogen) atoms. The lowest BCUT2D eigenvalue weighted by Crippen LogP contribution is -2.43. The SMILES string of the molecule is O=C(COc1ccc(C(F)(F)F)cc1)NNC(=O)c1cc(Cl)ccc1O. The van der Waals surface area contributed by atoms with Gasteiger partial charge in [-0.25, -0.2) is 0 Å². The van der Waals surface area contributed by atoms with Crippen molar-refractivity contribution in [3.8, 4) is 11.5 Å². The van der Waals surface area contributed by atoms with Crippen LogP contribution in [-0.4, -0.2) is 23.5 Å². The number of aromatic hydroxyl groups is 1. The fourth-order valence-corrected chi connectivity index (χ4v) is 1.98. The minimum atomic E-state index is -4.47. The van der Waals surface area contributed by atoms with Crippen molar-refractivity contribution < 1.29 is 32.6 Å². The van der Waals surface area contributed by atoms with E-state index in [1.54, 1.807) is 0 Å². The molecule has 0 fully saturated rings. The molecule has 0 unspecified atom stereocenters. The van der Waals surface area contributed by atoms with Gasteiger partial charge in [0.25, 0.3) is 11.8 Å². The number of nitrogens with one attached hydrogen (secondary N) is 2. The number of phenols is 1. The van der Waals surface area contributed by atoms with E-state index >= 15 is 0 Å². The molecule has 0 aromatic heterocycles. The maximum Gasteiger partial charge on any atom is 0.416 e. The Morgan fingerprint density at radius 1 is 1.08 bits per heavy atom. The van der Waals surface area contributed by atoms with Crippen LogP contribution in [0.5, 0.6) is 11.5 Å². The summed E-state index contributed by atoms with van der Waals surface area (Å²) in [4.78, 5) is 23.4. The number of ether oxygens (including phenoxy) is 1. The molecule has 0 spiro atoms. The fraction of sp³-hybridized carbons (Fsp3) is 0.125. The molecule has 0 saturated heterocycles. The molecular weight excluding hydrogens is 377 g/mol. The number of phenolic OH excluding ortho intramolecular Hbond substituents is 1. The van der Waals surface area contributed by atoms with Crippen LogP contribution in [0, 0.1) is 0 Å². The van der Waals surface area contributed by atoms with Crippen LogP contribution in [0.25, 0.3) is 0 Å². The molecular formula is C16H12ClF3N2O4. The normalized spacial score (nSPS) is 10.9. The summed E-state index contributed by atoms with van der Waals surface area (Å²) in [6, 6.07) is 7.57. The Bertz CT molecular complexity index is 810. The van der Waals surface area contributed by atoms with Crippen molar-refractivity contribution in [1.82, 2.24) is 10.9 Å². The minimum Gasteiger partial charge on any atom is -0.507 e. The first kappa shape index (κ1) is 19.4. The Kier molecular flexibility index (Phi) is 5.93. The highest BCUT2D eigenvalue weighted by Crippen LogP contribution is 2.30. The lowest BCUT2D eigenvalue weighted by atomic mass is 10.2. The third-order valence-corrected chi connectivity index (χ3v) is 3.31. The van der Waals surface area contributed by atoms with Gasteiger partial charge in [0.2, 0.25) is 0 Å². The topological polar surface area (TPSA) is 87.7 Å². The summed E-state index contributed by atoms with van der Waals surface area (Å²) in [5.74, 6) is -1.86. The highest BCUT2D eigenvalue weighted by Gasteiger charge is 2.30. The third kappa shape index (κ3) is 5.28. The predicted molar refractivity (Wildman–Crippen MR) is 85.7 cm³/mol. The van der Waals surface area contributed by atoms with Crippen LogP contribution in [0.1, 0.15) is 15.9 Å². The first-order valence-corrected chi connectivity index (χ1v) is 7.42. The Morgan fingerprint density at radius 3 is 2.35 bits per heavy atom. The number of rotatable bonds is 4. The molecule has 0 aliphatic heterocycles. The van der Waals surface area contributed by atoms with E-state index in [1.807, 2.05) is 10.9 Å². The van der Waals surface area contributed by atoms with Crippen molar-refractivity contribution >= 4 is 23.4 Å². The molecule has 3 N–H and O–H groups in total. The van der Waals surface area contributed by atoms with Crippen LogP contribution in [0.4, 0.5) is 13.2 Å². The molecule has 0 saturated carbocycles. The zero-order valence-electron chi connectivity index (χ0n) is 12.9. The monoisotopic (exact) mass is 388 g/mol. The van der Waals surface area contributed by atoms with E-state index in [-0.39, 0.29) is 22.1 Å². The van der Waals surface area contributed by atoms with Gasteiger partial charge in [-0.15, -0.1) is 0 Å². The largest absolute Gasteiger partial charge is 0.507 e. The van der Waals surface area contributed by atoms with Crippen molar-refractivity contribution in [3.63, 3.8) is 0 Å². The van der Waals surface area contributed by atoms with Gasteiger partial charge in [-0.3, -0.25) is 20.4 Å². The molecule has 138 valence electrons. The number of carbonyl (C=O) groups is 2. The number of amides is 2. The van der Waals surface area contributed by atoms with Crippen LogP contribution < -0.4 is 15.6 Å². The second-order valence-corrected chi connectivity index (χ2v) is 5.41. The summed E-state index contributed by atoms with van der Waals surface area (Å²) in [6.07, 6.45) is -4.47. The summed E-state index contributed by atoms with van der Waals surface area (Å²) in [5, 5.41) is 9.78. The van der Waals surface area contributed by atoms with Crippen LogP contribution in [0.15, 0.2) is 42.5 Å². The average Bonchev–Trinajstić information content (AvgIpc) is 2.59. The van der Waals surface area contributed by atoms with Crippen LogP contribution in [0.3, 0.4) is 0 Å². The van der Waals surface area contributed by atoms with E-state index in [1.165, 1.54) is 18.2 Å². The Hall–Kier alpha value is -2.94. The molecule has 2 amide bonds. The van der Waals surface area contributed by atoms with Gasteiger partial charge < -0.3 is 9.84 Å². The van der Waals surface area contributed by atoms with E-state index in [9.17, 15) is 27.9 Å². The Morgan fingerprint density at radius 2 is 1.73 bits per heavy atom. The van der Waals surface area contributed by atoms with Gasteiger partial charge in [0.05, 0.1) is 11.1 Å². The first-order valence-electron chi connectivity index (χ1n) is 7.04. The predicted octanol–water partition coefficient (Wildman–Crippen LogP) is 2.90. The van der Waals surface area contributed by atoms with Crippen molar-refractivity contribution in [1.29, 1.82) is 0 Å². The number of hydrogen-bond donors (Lipinski definition) is 3. The van der Waals surface area contributed by atoms with Gasteiger partial charge in [0.1, 0.15) is 11.5 Å². The highest BCUT2D eigenvalue weighted by atomic mass is 35.5. The van der Waals surface area contributed by atoms with Gasteiger partial charge in [0.15, 0.2) is 6.61 Å². The second kappa shape index (κ2) is 7.96. The van der Waals surface area contributed by atoms with Gasteiger partial charge in [-0.05, 0) is 42.5 Å². The summed E-state index contributed by atoms with van der Waals surface area (Å²) in [6.45, 7) is -0.548. The van der Waals surface area contributed by atoms with Crippen LogP contribution in [-0.2, 0) is 11.0 Å². The summed E-state index contributed by atoms with van der Waals surface area (Å²) >= 11 is 5.71. The van der Waals surface area contributed by atoms with E-state index in [4.69, 9.17) is 16.3 Å². The van der Waals surface area contributed by atoms with E-state index < -0.39 is 30.2 Å². The second-order valence-electron chi connectivity index (χ2n) is 4.97. The molecule has 2 aromatic carbocycles. The molecule has 0 radical (unpaired) electrons. The maximum absolute atomic E-state index is 12.4. The first-order chi connectivity index (χ1) is 12.2. The standard InChI is InChI=1S/C16H12ClF3N2O4/c17-10-3-6-13(23)12(7-10)15(25)22-21-14(24)8-26-11-4-1-9(2-5-11)16(18,19)20/h1-7,23H,8H2,(H,21,24)(H,22,25). The molecule has 2 rings (SSSR count). The molecule has 0 aliphatic carbocycles. The zero-order chi connectivity index (χ0) is 19.3. The lowest BCUT2D eigenvalue weighted by Gasteiger charge is -2.11. The van der Waals surface area contributed by atoms with Crippen molar-refractivity contribution in [2.75, 3.05) is 6.61 Å². The molecule has 0 heterocycles. The Balaban J connectivity index is 1.83. The molecule has 10 heteroatoms.